The number of nitrogens with two attached hydrogens (primary N) is 1. The predicted octanol–water partition coefficient (Wildman–Crippen LogP) is 1.18. The van der Waals surface area contributed by atoms with E-state index in [-0.39, 0.29) is 17.7 Å². The summed E-state index contributed by atoms with van der Waals surface area (Å²) >= 11 is 4.90. The molecule has 1 amide bonds. The van der Waals surface area contributed by atoms with E-state index in [1.165, 1.54) is 0 Å². The minimum atomic E-state index is 0.0599. The van der Waals surface area contributed by atoms with Gasteiger partial charge in [-0.25, -0.2) is 0 Å². The summed E-state index contributed by atoms with van der Waals surface area (Å²) in [6.45, 7) is 6.57. The molecule has 0 saturated carbocycles. The summed E-state index contributed by atoms with van der Waals surface area (Å²) < 4.78 is 5.36. The summed E-state index contributed by atoms with van der Waals surface area (Å²) in [6.07, 6.45) is 1.73. The van der Waals surface area contributed by atoms with Crippen LogP contribution in [0.1, 0.15) is 26.7 Å². The lowest BCUT2D eigenvalue weighted by Crippen LogP contribution is -2.45. The number of rotatable bonds is 5. The Labute approximate surface area is 108 Å². The average molecular weight is 258 g/mol. The van der Waals surface area contributed by atoms with Crippen molar-refractivity contribution in [2.45, 2.75) is 26.7 Å². The SMILES string of the molecule is CCCN(CC(N)=S)C(=O)C1CCOCC1C. The van der Waals surface area contributed by atoms with E-state index in [4.69, 9.17) is 22.7 Å². The van der Waals surface area contributed by atoms with Crippen molar-refractivity contribution in [3.63, 3.8) is 0 Å². The maximum Gasteiger partial charge on any atom is 0.226 e. The highest BCUT2D eigenvalue weighted by atomic mass is 32.1. The van der Waals surface area contributed by atoms with Gasteiger partial charge in [0.25, 0.3) is 0 Å². The van der Waals surface area contributed by atoms with Crippen molar-refractivity contribution in [2.24, 2.45) is 17.6 Å². The van der Waals surface area contributed by atoms with Gasteiger partial charge >= 0.3 is 0 Å². The Balaban J connectivity index is 2.64. The standard InChI is InChI=1S/C12H22N2O2S/c1-3-5-14(7-11(13)17)12(15)10-4-6-16-8-9(10)2/h9-10H,3-8H2,1-2H3,(H2,13,17). The Morgan fingerprint density at radius 2 is 2.29 bits per heavy atom. The molecule has 5 heteroatoms. The van der Waals surface area contributed by atoms with E-state index in [9.17, 15) is 4.79 Å². The number of thiocarbonyl (C=S) groups is 1. The molecule has 1 rings (SSSR count). The van der Waals surface area contributed by atoms with E-state index in [0.29, 0.717) is 24.7 Å². The number of hydrogen-bond donors (Lipinski definition) is 1. The van der Waals surface area contributed by atoms with Crippen molar-refractivity contribution in [3.05, 3.63) is 0 Å². The van der Waals surface area contributed by atoms with Crippen LogP contribution in [0.3, 0.4) is 0 Å². The van der Waals surface area contributed by atoms with Gasteiger partial charge < -0.3 is 15.4 Å². The Morgan fingerprint density at radius 1 is 1.59 bits per heavy atom. The van der Waals surface area contributed by atoms with Crippen LogP contribution in [0.25, 0.3) is 0 Å². The number of carbonyl (C=O) groups is 1. The van der Waals surface area contributed by atoms with Crippen LogP contribution in [0.2, 0.25) is 0 Å². The van der Waals surface area contributed by atoms with Crippen molar-refractivity contribution in [3.8, 4) is 0 Å². The normalized spacial score (nSPS) is 24.4. The molecule has 1 saturated heterocycles. The highest BCUT2D eigenvalue weighted by Crippen LogP contribution is 2.23. The van der Waals surface area contributed by atoms with E-state index in [1.54, 1.807) is 4.90 Å². The molecule has 98 valence electrons. The minimum absolute atomic E-state index is 0.0599. The smallest absolute Gasteiger partial charge is 0.226 e. The molecule has 2 atom stereocenters. The molecule has 1 aliphatic heterocycles. The molecule has 0 aromatic rings. The molecule has 0 aliphatic carbocycles. The first-order valence-corrected chi connectivity index (χ1v) is 6.62. The first-order valence-electron chi connectivity index (χ1n) is 6.21. The quantitative estimate of drug-likeness (QED) is 0.753. The Hall–Kier alpha value is -0.680. The van der Waals surface area contributed by atoms with Crippen molar-refractivity contribution in [1.29, 1.82) is 0 Å². The second-order valence-electron chi connectivity index (χ2n) is 4.67. The molecule has 4 nitrogen and oxygen atoms in total. The summed E-state index contributed by atoms with van der Waals surface area (Å²) in [4.78, 5) is 14.6. The third kappa shape index (κ3) is 4.24. The zero-order valence-electron chi connectivity index (χ0n) is 10.6. The van der Waals surface area contributed by atoms with Crippen LogP contribution in [0, 0.1) is 11.8 Å². The molecule has 17 heavy (non-hydrogen) atoms. The highest BCUT2D eigenvalue weighted by Gasteiger charge is 2.31. The third-order valence-corrected chi connectivity index (χ3v) is 3.24. The fourth-order valence-corrected chi connectivity index (χ4v) is 2.36. The summed E-state index contributed by atoms with van der Waals surface area (Å²) in [5.41, 5.74) is 5.54. The molecular weight excluding hydrogens is 236 g/mol. The topological polar surface area (TPSA) is 55.6 Å². The monoisotopic (exact) mass is 258 g/mol. The first-order chi connectivity index (χ1) is 8.06. The highest BCUT2D eigenvalue weighted by molar-refractivity contribution is 7.80. The zero-order chi connectivity index (χ0) is 12.8. The van der Waals surface area contributed by atoms with E-state index < -0.39 is 0 Å². The molecule has 1 heterocycles. The van der Waals surface area contributed by atoms with Crippen LogP contribution in [0.5, 0.6) is 0 Å². The van der Waals surface area contributed by atoms with Crippen molar-refractivity contribution in [2.75, 3.05) is 26.3 Å². The van der Waals surface area contributed by atoms with Crippen LogP contribution in [0.4, 0.5) is 0 Å². The van der Waals surface area contributed by atoms with Gasteiger partial charge in [-0.1, -0.05) is 26.1 Å². The van der Waals surface area contributed by atoms with E-state index in [2.05, 4.69) is 6.92 Å². The van der Waals surface area contributed by atoms with Gasteiger partial charge in [-0.15, -0.1) is 0 Å². The molecule has 0 aromatic heterocycles. The van der Waals surface area contributed by atoms with E-state index in [0.717, 1.165) is 19.4 Å². The van der Waals surface area contributed by atoms with Gasteiger partial charge in [0.1, 0.15) is 0 Å². The molecule has 1 aliphatic rings. The molecule has 0 spiro atoms. The zero-order valence-corrected chi connectivity index (χ0v) is 11.5. The lowest BCUT2D eigenvalue weighted by molar-refractivity contribution is -0.140. The summed E-state index contributed by atoms with van der Waals surface area (Å²) in [5, 5.41) is 0. The fraction of sp³-hybridized carbons (Fsp3) is 0.833. The van der Waals surface area contributed by atoms with Crippen molar-refractivity contribution in [1.82, 2.24) is 4.90 Å². The van der Waals surface area contributed by atoms with Gasteiger partial charge in [0.15, 0.2) is 0 Å². The molecule has 2 N–H and O–H groups in total. The second-order valence-corrected chi connectivity index (χ2v) is 5.20. The number of carbonyl (C=O) groups excluding carboxylic acids is 1. The lowest BCUT2D eigenvalue weighted by atomic mass is 9.88. The first kappa shape index (κ1) is 14.4. The van der Waals surface area contributed by atoms with Crippen LogP contribution in [-0.4, -0.2) is 42.1 Å². The van der Waals surface area contributed by atoms with Crippen molar-refractivity contribution < 1.29 is 9.53 Å². The van der Waals surface area contributed by atoms with Crippen LogP contribution < -0.4 is 5.73 Å². The average Bonchev–Trinajstić information content (AvgIpc) is 2.28. The predicted molar refractivity (Wildman–Crippen MR) is 71.7 cm³/mol. The van der Waals surface area contributed by atoms with Gasteiger partial charge in [-0.05, 0) is 18.8 Å². The van der Waals surface area contributed by atoms with Gasteiger partial charge in [-0.3, -0.25) is 4.79 Å². The third-order valence-electron chi connectivity index (χ3n) is 3.11. The van der Waals surface area contributed by atoms with Crippen LogP contribution in [-0.2, 0) is 9.53 Å². The molecule has 0 bridgehead atoms. The Bertz CT molecular complexity index is 284. The molecule has 0 radical (unpaired) electrons. The maximum absolute atomic E-state index is 12.4. The number of hydrogen-bond acceptors (Lipinski definition) is 3. The largest absolute Gasteiger partial charge is 0.392 e. The molecule has 0 aromatic carbocycles. The number of nitrogens with zero attached hydrogens (tertiary/aromatic N) is 1. The molecule has 2 unspecified atom stereocenters. The summed E-state index contributed by atoms with van der Waals surface area (Å²) in [6, 6.07) is 0. The Kier molecular flexibility index (Phi) is 5.85. The van der Waals surface area contributed by atoms with Crippen LogP contribution in [0.15, 0.2) is 0 Å². The second kappa shape index (κ2) is 6.91. The van der Waals surface area contributed by atoms with Gasteiger partial charge in [-0.2, -0.15) is 0 Å². The van der Waals surface area contributed by atoms with Crippen LogP contribution >= 0.6 is 12.2 Å². The van der Waals surface area contributed by atoms with Gasteiger partial charge in [0, 0.05) is 25.7 Å². The molecular formula is C12H22N2O2S. The van der Waals surface area contributed by atoms with Gasteiger partial charge in [0.05, 0.1) is 11.5 Å². The fourth-order valence-electron chi connectivity index (χ4n) is 2.21. The lowest BCUT2D eigenvalue weighted by Gasteiger charge is -2.32. The number of ether oxygens (including phenoxy) is 1. The summed E-state index contributed by atoms with van der Waals surface area (Å²) in [5.74, 6) is 0.516. The minimum Gasteiger partial charge on any atom is -0.392 e. The van der Waals surface area contributed by atoms with Crippen molar-refractivity contribution >= 4 is 23.1 Å². The number of amides is 1. The van der Waals surface area contributed by atoms with E-state index in [1.807, 2.05) is 6.92 Å². The molecule has 1 fully saturated rings. The van der Waals surface area contributed by atoms with Gasteiger partial charge in [0.2, 0.25) is 5.91 Å². The summed E-state index contributed by atoms with van der Waals surface area (Å²) in [7, 11) is 0. The Morgan fingerprint density at radius 3 is 2.82 bits per heavy atom. The maximum atomic E-state index is 12.4. The van der Waals surface area contributed by atoms with E-state index >= 15 is 0 Å².